The van der Waals surface area contributed by atoms with Gasteiger partial charge in [-0.05, 0) is 42.9 Å². The van der Waals surface area contributed by atoms with Crippen LogP contribution in [0.25, 0.3) is 0 Å². The van der Waals surface area contributed by atoms with E-state index in [9.17, 15) is 9.50 Å². The van der Waals surface area contributed by atoms with Crippen molar-refractivity contribution in [2.24, 2.45) is 5.92 Å². The quantitative estimate of drug-likeness (QED) is 0.890. The highest BCUT2D eigenvalue weighted by molar-refractivity contribution is 5.30. The molecule has 18 heavy (non-hydrogen) atoms. The van der Waals surface area contributed by atoms with E-state index in [4.69, 9.17) is 4.74 Å². The molecule has 3 heteroatoms. The fourth-order valence-electron chi connectivity index (χ4n) is 2.92. The van der Waals surface area contributed by atoms with Crippen LogP contribution in [0.4, 0.5) is 4.39 Å². The van der Waals surface area contributed by atoms with Gasteiger partial charge < -0.3 is 9.84 Å². The minimum Gasteiger partial charge on any atom is -0.494 e. The number of methoxy groups -OCH3 is 1. The van der Waals surface area contributed by atoms with Gasteiger partial charge in [0.05, 0.1) is 12.7 Å². The summed E-state index contributed by atoms with van der Waals surface area (Å²) >= 11 is 0. The fraction of sp³-hybridized carbons (Fsp3) is 0.600. The van der Waals surface area contributed by atoms with Gasteiger partial charge in [-0.25, -0.2) is 4.39 Å². The minimum absolute atomic E-state index is 0.253. The lowest BCUT2D eigenvalue weighted by Crippen LogP contribution is -2.27. The van der Waals surface area contributed by atoms with Crippen LogP contribution in [-0.4, -0.2) is 17.8 Å². The molecule has 0 aromatic heterocycles. The number of halogens is 1. The Hall–Kier alpha value is -1.09. The largest absolute Gasteiger partial charge is 0.494 e. The predicted octanol–water partition coefficient (Wildman–Crippen LogP) is 3.32. The second-order valence-corrected chi connectivity index (χ2v) is 5.39. The van der Waals surface area contributed by atoms with E-state index in [-0.39, 0.29) is 11.6 Å². The summed E-state index contributed by atoms with van der Waals surface area (Å²) in [7, 11) is 1.45. The van der Waals surface area contributed by atoms with Gasteiger partial charge in [0, 0.05) is 6.42 Å². The Morgan fingerprint density at radius 1 is 1.50 bits per heavy atom. The molecule has 0 aliphatic heterocycles. The molecule has 1 N–H and O–H groups in total. The first-order valence-electron chi connectivity index (χ1n) is 6.61. The van der Waals surface area contributed by atoms with Gasteiger partial charge in [-0.1, -0.05) is 19.4 Å². The zero-order valence-corrected chi connectivity index (χ0v) is 11.1. The van der Waals surface area contributed by atoms with Crippen molar-refractivity contribution in [3.8, 4) is 5.75 Å². The maximum absolute atomic E-state index is 13.6. The SMILES string of the molecule is CCC1CCC(O)(Cc2ccc(OC)c(F)c2)C1. The van der Waals surface area contributed by atoms with E-state index in [2.05, 4.69) is 6.92 Å². The average Bonchev–Trinajstić information content (AvgIpc) is 2.71. The van der Waals surface area contributed by atoms with Gasteiger partial charge in [-0.3, -0.25) is 0 Å². The first kappa shape index (κ1) is 13.3. The second-order valence-electron chi connectivity index (χ2n) is 5.39. The third-order valence-corrected chi connectivity index (χ3v) is 4.01. The normalized spacial score (nSPS) is 27.4. The number of hydrogen-bond donors (Lipinski definition) is 1. The molecule has 1 aliphatic carbocycles. The van der Waals surface area contributed by atoms with Gasteiger partial charge in [0.25, 0.3) is 0 Å². The zero-order chi connectivity index (χ0) is 13.2. The summed E-state index contributed by atoms with van der Waals surface area (Å²) in [5.41, 5.74) is 0.189. The van der Waals surface area contributed by atoms with Gasteiger partial charge >= 0.3 is 0 Å². The molecular weight excluding hydrogens is 231 g/mol. The van der Waals surface area contributed by atoms with Crippen molar-refractivity contribution < 1.29 is 14.2 Å². The van der Waals surface area contributed by atoms with Gasteiger partial charge in [-0.2, -0.15) is 0 Å². The summed E-state index contributed by atoms with van der Waals surface area (Å²) in [5, 5.41) is 10.5. The number of ether oxygens (including phenoxy) is 1. The van der Waals surface area contributed by atoms with Crippen molar-refractivity contribution in [1.82, 2.24) is 0 Å². The van der Waals surface area contributed by atoms with Crippen LogP contribution in [0.15, 0.2) is 18.2 Å². The molecule has 0 bridgehead atoms. The zero-order valence-electron chi connectivity index (χ0n) is 11.1. The van der Waals surface area contributed by atoms with E-state index in [1.807, 2.05) is 6.07 Å². The highest BCUT2D eigenvalue weighted by Gasteiger charge is 2.36. The summed E-state index contributed by atoms with van der Waals surface area (Å²) in [4.78, 5) is 0. The van der Waals surface area contributed by atoms with Crippen molar-refractivity contribution in [3.05, 3.63) is 29.6 Å². The molecule has 0 spiro atoms. The van der Waals surface area contributed by atoms with Gasteiger partial charge in [0.15, 0.2) is 11.6 Å². The van der Waals surface area contributed by atoms with Crippen LogP contribution in [0.2, 0.25) is 0 Å². The van der Waals surface area contributed by atoms with Crippen LogP contribution in [0, 0.1) is 11.7 Å². The first-order valence-corrected chi connectivity index (χ1v) is 6.61. The first-order chi connectivity index (χ1) is 8.56. The maximum atomic E-state index is 13.6. The van der Waals surface area contributed by atoms with Crippen molar-refractivity contribution in [1.29, 1.82) is 0 Å². The highest BCUT2D eigenvalue weighted by atomic mass is 19.1. The van der Waals surface area contributed by atoms with E-state index >= 15 is 0 Å². The maximum Gasteiger partial charge on any atom is 0.165 e. The summed E-state index contributed by atoms with van der Waals surface area (Å²) in [6.07, 6.45) is 4.37. The van der Waals surface area contributed by atoms with E-state index in [1.54, 1.807) is 6.07 Å². The van der Waals surface area contributed by atoms with E-state index in [1.165, 1.54) is 13.2 Å². The molecule has 1 saturated carbocycles. The number of hydrogen-bond acceptors (Lipinski definition) is 2. The monoisotopic (exact) mass is 252 g/mol. The van der Waals surface area contributed by atoms with Crippen LogP contribution < -0.4 is 4.74 Å². The Balaban J connectivity index is 2.07. The molecule has 1 aliphatic rings. The third kappa shape index (κ3) is 2.83. The Bertz CT molecular complexity index is 419. The highest BCUT2D eigenvalue weighted by Crippen LogP contribution is 2.38. The van der Waals surface area contributed by atoms with Crippen LogP contribution in [0.1, 0.15) is 38.2 Å². The molecule has 0 amide bonds. The Morgan fingerprint density at radius 3 is 2.83 bits per heavy atom. The lowest BCUT2D eigenvalue weighted by molar-refractivity contribution is 0.0436. The average molecular weight is 252 g/mol. The second kappa shape index (κ2) is 5.27. The van der Waals surface area contributed by atoms with Gasteiger partial charge in [-0.15, -0.1) is 0 Å². The summed E-state index contributed by atoms with van der Waals surface area (Å²) < 4.78 is 18.5. The summed E-state index contributed by atoms with van der Waals surface area (Å²) in [5.74, 6) is 0.505. The predicted molar refractivity (Wildman–Crippen MR) is 69.2 cm³/mol. The topological polar surface area (TPSA) is 29.5 Å². The van der Waals surface area contributed by atoms with Gasteiger partial charge in [0.2, 0.25) is 0 Å². The standard InChI is InChI=1S/C15H21FO2/c1-3-11-6-7-15(17,9-11)10-12-4-5-14(18-2)13(16)8-12/h4-5,8,11,17H,3,6-7,9-10H2,1-2H3. The van der Waals surface area contributed by atoms with Crippen molar-refractivity contribution in [3.63, 3.8) is 0 Å². The molecule has 1 aromatic rings. The Labute approximate surface area is 108 Å². The minimum atomic E-state index is -0.651. The van der Waals surface area contributed by atoms with E-state index in [0.717, 1.165) is 31.2 Å². The van der Waals surface area contributed by atoms with Crippen molar-refractivity contribution in [2.45, 2.75) is 44.6 Å². The molecule has 2 atom stereocenters. The van der Waals surface area contributed by atoms with Crippen molar-refractivity contribution in [2.75, 3.05) is 7.11 Å². The fourth-order valence-corrected chi connectivity index (χ4v) is 2.92. The molecular formula is C15H21FO2. The molecule has 1 fully saturated rings. The number of rotatable bonds is 4. The van der Waals surface area contributed by atoms with E-state index in [0.29, 0.717) is 12.3 Å². The molecule has 0 heterocycles. The number of aliphatic hydroxyl groups is 1. The molecule has 2 rings (SSSR count). The molecule has 100 valence electrons. The molecule has 1 aromatic carbocycles. The van der Waals surface area contributed by atoms with Crippen LogP contribution in [0.3, 0.4) is 0 Å². The van der Waals surface area contributed by atoms with Crippen LogP contribution in [0.5, 0.6) is 5.75 Å². The molecule has 2 nitrogen and oxygen atoms in total. The number of benzene rings is 1. The van der Waals surface area contributed by atoms with Crippen LogP contribution in [-0.2, 0) is 6.42 Å². The third-order valence-electron chi connectivity index (χ3n) is 4.01. The molecule has 0 saturated heterocycles. The lowest BCUT2D eigenvalue weighted by atomic mass is 9.91. The smallest absolute Gasteiger partial charge is 0.165 e. The van der Waals surface area contributed by atoms with Crippen molar-refractivity contribution >= 4 is 0 Å². The molecule has 0 radical (unpaired) electrons. The Kier molecular flexibility index (Phi) is 3.91. The van der Waals surface area contributed by atoms with Gasteiger partial charge in [0.1, 0.15) is 0 Å². The summed E-state index contributed by atoms with van der Waals surface area (Å²) in [6.45, 7) is 2.16. The summed E-state index contributed by atoms with van der Waals surface area (Å²) in [6, 6.07) is 4.93. The van der Waals surface area contributed by atoms with E-state index < -0.39 is 5.60 Å². The molecule has 2 unspecified atom stereocenters. The van der Waals surface area contributed by atoms with Crippen LogP contribution >= 0.6 is 0 Å². The Morgan fingerprint density at radius 2 is 2.28 bits per heavy atom. The lowest BCUT2D eigenvalue weighted by Gasteiger charge is -2.23.